The molecule has 1 unspecified atom stereocenters. The number of benzene rings is 1. The maximum atomic E-state index is 12.3. The van der Waals surface area contributed by atoms with Crippen molar-refractivity contribution in [3.8, 4) is 0 Å². The second-order valence-corrected chi connectivity index (χ2v) is 11.7. The Morgan fingerprint density at radius 3 is 2.47 bits per heavy atom. The standard InChI is InChI=1S/C15H18BrNOSi/c1-10-9-13(19(2,3)4)15(18)17-14(10)11-7-5-6-8-12(11)16/h5-9,14H,1H2,2-4H3,(H,17,18). The Kier molecular flexibility index (Phi) is 3.83. The molecule has 1 aromatic rings. The molecule has 2 nitrogen and oxygen atoms in total. The van der Waals surface area contributed by atoms with Gasteiger partial charge in [0.15, 0.2) is 0 Å². The molecule has 1 amide bonds. The van der Waals surface area contributed by atoms with Crippen LogP contribution in [0.3, 0.4) is 0 Å². The molecule has 0 radical (unpaired) electrons. The van der Waals surface area contributed by atoms with E-state index in [-0.39, 0.29) is 11.9 Å². The molecular weight excluding hydrogens is 318 g/mol. The van der Waals surface area contributed by atoms with Crippen molar-refractivity contribution in [3.63, 3.8) is 0 Å². The molecule has 0 fully saturated rings. The third-order valence-corrected chi connectivity index (χ3v) is 5.95. The predicted octanol–water partition coefficient (Wildman–Crippen LogP) is 3.98. The molecule has 4 heteroatoms. The average molecular weight is 336 g/mol. The summed E-state index contributed by atoms with van der Waals surface area (Å²) in [5.41, 5.74) is 2.00. The fourth-order valence-corrected chi connectivity index (χ4v) is 4.07. The monoisotopic (exact) mass is 335 g/mol. The van der Waals surface area contributed by atoms with Crippen molar-refractivity contribution in [2.75, 3.05) is 0 Å². The fourth-order valence-electron chi connectivity index (χ4n) is 2.18. The lowest BCUT2D eigenvalue weighted by Gasteiger charge is -2.30. The fraction of sp³-hybridized carbons (Fsp3) is 0.267. The number of rotatable bonds is 2. The van der Waals surface area contributed by atoms with E-state index in [1.165, 1.54) is 0 Å². The van der Waals surface area contributed by atoms with Gasteiger partial charge >= 0.3 is 0 Å². The normalized spacial score (nSPS) is 20.0. The van der Waals surface area contributed by atoms with Gasteiger partial charge in [-0.05, 0) is 17.2 Å². The summed E-state index contributed by atoms with van der Waals surface area (Å²) in [6, 6.07) is 7.78. The van der Waals surface area contributed by atoms with Crippen LogP contribution in [-0.4, -0.2) is 14.0 Å². The lowest BCUT2D eigenvalue weighted by molar-refractivity contribution is -0.117. The zero-order valence-electron chi connectivity index (χ0n) is 11.5. The van der Waals surface area contributed by atoms with Gasteiger partial charge in [0.1, 0.15) is 0 Å². The third kappa shape index (κ3) is 2.90. The maximum absolute atomic E-state index is 12.3. The van der Waals surface area contributed by atoms with E-state index in [1.807, 2.05) is 30.3 Å². The van der Waals surface area contributed by atoms with Gasteiger partial charge in [0, 0.05) is 9.67 Å². The summed E-state index contributed by atoms with van der Waals surface area (Å²) in [6.07, 6.45) is 1.98. The Hall–Kier alpha value is -1.13. The van der Waals surface area contributed by atoms with Crippen LogP contribution in [0.15, 0.2) is 52.2 Å². The molecule has 100 valence electrons. The van der Waals surface area contributed by atoms with Crippen LogP contribution >= 0.6 is 15.9 Å². The molecular formula is C15H18BrNOSi. The maximum Gasteiger partial charge on any atom is 0.243 e. The van der Waals surface area contributed by atoms with Gasteiger partial charge in [0.25, 0.3) is 0 Å². The van der Waals surface area contributed by atoms with Crippen molar-refractivity contribution < 1.29 is 4.79 Å². The second kappa shape index (κ2) is 5.10. The summed E-state index contributed by atoms with van der Waals surface area (Å²) in [7, 11) is -1.63. The van der Waals surface area contributed by atoms with E-state index in [4.69, 9.17) is 0 Å². The highest BCUT2D eigenvalue weighted by molar-refractivity contribution is 9.10. The van der Waals surface area contributed by atoms with Crippen molar-refractivity contribution in [3.05, 3.63) is 57.7 Å². The van der Waals surface area contributed by atoms with Gasteiger partial charge in [0.05, 0.1) is 14.1 Å². The molecule has 0 aliphatic carbocycles. The van der Waals surface area contributed by atoms with E-state index >= 15 is 0 Å². The molecule has 0 saturated heterocycles. The Labute approximate surface area is 123 Å². The van der Waals surface area contributed by atoms with Gasteiger partial charge in [-0.15, -0.1) is 0 Å². The highest BCUT2D eigenvalue weighted by atomic mass is 79.9. The van der Waals surface area contributed by atoms with Crippen LogP contribution in [0, 0.1) is 0 Å². The molecule has 0 saturated carbocycles. The molecule has 0 bridgehead atoms. The summed E-state index contributed by atoms with van der Waals surface area (Å²) in [5, 5.41) is 4.00. The average Bonchev–Trinajstić information content (AvgIpc) is 2.31. The second-order valence-electron chi connectivity index (χ2n) is 5.81. The molecule has 2 rings (SSSR count). The Bertz CT molecular complexity index is 572. The zero-order chi connectivity index (χ0) is 14.2. The summed E-state index contributed by atoms with van der Waals surface area (Å²) in [4.78, 5) is 12.3. The lowest BCUT2D eigenvalue weighted by atomic mass is 9.97. The minimum absolute atomic E-state index is 0.0484. The number of amides is 1. The van der Waals surface area contributed by atoms with E-state index in [2.05, 4.69) is 47.5 Å². The molecule has 19 heavy (non-hydrogen) atoms. The molecule has 0 aromatic heterocycles. The summed E-state index contributed by atoms with van der Waals surface area (Å²) in [5.74, 6) is 0.0484. The van der Waals surface area contributed by atoms with Crippen LogP contribution < -0.4 is 5.32 Å². The molecule has 1 aliphatic rings. The first-order valence-electron chi connectivity index (χ1n) is 6.27. The number of nitrogens with one attached hydrogen (secondary N) is 1. The SMILES string of the molecule is C=C1C=C([Si](C)(C)C)C(=O)NC1c1ccccc1Br. The minimum atomic E-state index is -1.63. The van der Waals surface area contributed by atoms with Crippen molar-refractivity contribution in [2.24, 2.45) is 0 Å². The van der Waals surface area contributed by atoms with Crippen molar-refractivity contribution in [2.45, 2.75) is 25.7 Å². The van der Waals surface area contributed by atoms with Crippen LogP contribution in [0.4, 0.5) is 0 Å². The van der Waals surface area contributed by atoms with Crippen LogP contribution in [0.1, 0.15) is 11.6 Å². The van der Waals surface area contributed by atoms with E-state index in [1.54, 1.807) is 0 Å². The van der Waals surface area contributed by atoms with Crippen molar-refractivity contribution >= 4 is 29.9 Å². The highest BCUT2D eigenvalue weighted by Crippen LogP contribution is 2.33. The smallest absolute Gasteiger partial charge is 0.243 e. The Morgan fingerprint density at radius 2 is 1.89 bits per heavy atom. The Balaban J connectivity index is 2.40. The van der Waals surface area contributed by atoms with Crippen LogP contribution in [0.2, 0.25) is 19.6 Å². The van der Waals surface area contributed by atoms with Crippen LogP contribution in [-0.2, 0) is 4.79 Å². The number of carbonyl (C=O) groups is 1. The first-order valence-corrected chi connectivity index (χ1v) is 10.6. The van der Waals surface area contributed by atoms with E-state index in [0.717, 1.165) is 20.8 Å². The summed E-state index contributed by atoms with van der Waals surface area (Å²) >= 11 is 3.53. The van der Waals surface area contributed by atoms with Crippen molar-refractivity contribution in [1.82, 2.24) is 5.32 Å². The van der Waals surface area contributed by atoms with Crippen molar-refractivity contribution in [1.29, 1.82) is 0 Å². The first-order chi connectivity index (χ1) is 8.80. The summed E-state index contributed by atoms with van der Waals surface area (Å²) < 4.78 is 0.992. The van der Waals surface area contributed by atoms with Crippen LogP contribution in [0.5, 0.6) is 0 Å². The number of carbonyl (C=O) groups excluding carboxylic acids is 1. The molecule has 0 spiro atoms. The quantitative estimate of drug-likeness (QED) is 0.813. The zero-order valence-corrected chi connectivity index (χ0v) is 14.0. The molecule has 1 aromatic carbocycles. The van der Waals surface area contributed by atoms with E-state index < -0.39 is 8.07 Å². The van der Waals surface area contributed by atoms with Gasteiger partial charge < -0.3 is 5.32 Å². The van der Waals surface area contributed by atoms with Gasteiger partial charge in [-0.2, -0.15) is 0 Å². The van der Waals surface area contributed by atoms with E-state index in [9.17, 15) is 4.79 Å². The molecule has 1 aliphatic heterocycles. The lowest BCUT2D eigenvalue weighted by Crippen LogP contribution is -2.42. The molecule has 1 N–H and O–H groups in total. The number of halogens is 1. The Morgan fingerprint density at radius 1 is 1.26 bits per heavy atom. The molecule has 1 atom stereocenters. The highest BCUT2D eigenvalue weighted by Gasteiger charge is 2.32. The topological polar surface area (TPSA) is 29.1 Å². The molecule has 1 heterocycles. The van der Waals surface area contributed by atoms with Gasteiger partial charge in [0.2, 0.25) is 5.91 Å². The predicted molar refractivity (Wildman–Crippen MR) is 85.6 cm³/mol. The van der Waals surface area contributed by atoms with Gasteiger partial charge in [-0.1, -0.05) is 66.4 Å². The summed E-state index contributed by atoms with van der Waals surface area (Å²) in [6.45, 7) is 10.6. The first kappa shape index (κ1) is 14.3. The third-order valence-electron chi connectivity index (χ3n) is 3.24. The van der Waals surface area contributed by atoms with E-state index in [0.29, 0.717) is 0 Å². The van der Waals surface area contributed by atoms with Gasteiger partial charge in [-0.25, -0.2) is 0 Å². The largest absolute Gasteiger partial charge is 0.342 e. The number of hydrogen-bond donors (Lipinski definition) is 1. The number of hydrogen-bond acceptors (Lipinski definition) is 1. The minimum Gasteiger partial charge on any atom is -0.342 e. The van der Waals surface area contributed by atoms with Gasteiger partial charge in [-0.3, -0.25) is 4.79 Å². The van der Waals surface area contributed by atoms with Crippen LogP contribution in [0.25, 0.3) is 0 Å².